The van der Waals surface area contributed by atoms with E-state index in [9.17, 15) is 14.0 Å². The van der Waals surface area contributed by atoms with Crippen LogP contribution in [-0.2, 0) is 19.1 Å². The molecular formula is C16H19FO4. The van der Waals surface area contributed by atoms with Gasteiger partial charge < -0.3 is 9.47 Å². The molecule has 0 saturated heterocycles. The van der Waals surface area contributed by atoms with Crippen LogP contribution >= 0.6 is 0 Å². The van der Waals surface area contributed by atoms with E-state index in [1.54, 1.807) is 12.1 Å². The number of hydrogen-bond donors (Lipinski definition) is 0. The summed E-state index contributed by atoms with van der Waals surface area (Å²) in [6, 6.07) is 6.14. The fourth-order valence-electron chi connectivity index (χ4n) is 1.85. The second-order valence-corrected chi connectivity index (χ2v) is 4.48. The van der Waals surface area contributed by atoms with E-state index in [-0.39, 0.29) is 5.82 Å². The lowest BCUT2D eigenvalue weighted by Crippen LogP contribution is -2.26. The van der Waals surface area contributed by atoms with Gasteiger partial charge in [-0.05, 0) is 37.0 Å². The maximum Gasteiger partial charge on any atom is 0.320 e. The van der Waals surface area contributed by atoms with Gasteiger partial charge in [-0.3, -0.25) is 9.59 Å². The van der Waals surface area contributed by atoms with E-state index in [1.807, 2.05) is 12.2 Å². The van der Waals surface area contributed by atoms with Crippen molar-refractivity contribution in [3.8, 4) is 0 Å². The second kappa shape index (κ2) is 8.89. The Hall–Kier alpha value is -2.17. The number of unbranched alkanes of at least 4 members (excludes halogenated alkanes) is 1. The molecule has 0 fully saturated rings. The van der Waals surface area contributed by atoms with Crippen LogP contribution in [0.25, 0.3) is 6.08 Å². The molecule has 4 nitrogen and oxygen atoms in total. The van der Waals surface area contributed by atoms with Gasteiger partial charge in [0.25, 0.3) is 0 Å². The lowest BCUT2D eigenvalue weighted by molar-refractivity contribution is -0.159. The second-order valence-electron chi connectivity index (χ2n) is 4.48. The first-order chi connectivity index (χ1) is 10.1. The molecule has 0 atom stereocenters. The first kappa shape index (κ1) is 16.9. The zero-order valence-electron chi connectivity index (χ0n) is 12.2. The van der Waals surface area contributed by atoms with Gasteiger partial charge in [-0.15, -0.1) is 0 Å². The number of methoxy groups -OCH3 is 2. The van der Waals surface area contributed by atoms with E-state index < -0.39 is 17.9 Å². The molecule has 0 N–H and O–H groups in total. The molecule has 0 aliphatic rings. The molecule has 0 amide bonds. The van der Waals surface area contributed by atoms with E-state index in [4.69, 9.17) is 0 Å². The first-order valence-corrected chi connectivity index (χ1v) is 6.66. The molecule has 0 unspecified atom stereocenters. The van der Waals surface area contributed by atoms with Crippen molar-refractivity contribution in [3.63, 3.8) is 0 Å². The lowest BCUT2D eigenvalue weighted by Gasteiger charge is -2.11. The quantitative estimate of drug-likeness (QED) is 0.441. The van der Waals surface area contributed by atoms with Gasteiger partial charge in [0.05, 0.1) is 14.2 Å². The number of allylic oxidation sites excluding steroid dienone is 1. The van der Waals surface area contributed by atoms with Gasteiger partial charge in [-0.2, -0.15) is 0 Å². The van der Waals surface area contributed by atoms with Crippen molar-refractivity contribution < 1.29 is 23.5 Å². The van der Waals surface area contributed by atoms with Gasteiger partial charge in [0.2, 0.25) is 0 Å². The Morgan fingerprint density at radius 3 is 2.24 bits per heavy atom. The largest absolute Gasteiger partial charge is 0.468 e. The number of halogens is 1. The van der Waals surface area contributed by atoms with Crippen molar-refractivity contribution in [2.24, 2.45) is 5.92 Å². The van der Waals surface area contributed by atoms with E-state index in [0.29, 0.717) is 19.3 Å². The molecule has 114 valence electrons. The number of ether oxygens (including phenoxy) is 2. The fraction of sp³-hybridized carbons (Fsp3) is 0.375. The number of esters is 2. The molecule has 0 aliphatic carbocycles. The molecule has 1 aromatic carbocycles. The Labute approximate surface area is 123 Å². The monoisotopic (exact) mass is 294 g/mol. The molecule has 0 saturated carbocycles. The third kappa shape index (κ3) is 5.77. The maximum absolute atomic E-state index is 12.7. The Morgan fingerprint density at radius 1 is 1.14 bits per heavy atom. The summed E-state index contributed by atoms with van der Waals surface area (Å²) < 4.78 is 21.9. The molecule has 0 aliphatic heterocycles. The Balaban J connectivity index is 2.42. The minimum Gasteiger partial charge on any atom is -0.468 e. The van der Waals surface area contributed by atoms with Crippen LogP contribution in [0, 0.1) is 11.7 Å². The van der Waals surface area contributed by atoms with Gasteiger partial charge in [-0.1, -0.05) is 24.3 Å². The Kier molecular flexibility index (Phi) is 7.15. The SMILES string of the molecule is COC(=O)C(CCC/C=C/c1ccc(F)cc1)C(=O)OC. The predicted octanol–water partition coefficient (Wildman–Crippen LogP) is 2.97. The summed E-state index contributed by atoms with van der Waals surface area (Å²) >= 11 is 0. The Morgan fingerprint density at radius 2 is 1.71 bits per heavy atom. The highest BCUT2D eigenvalue weighted by molar-refractivity contribution is 5.94. The molecule has 21 heavy (non-hydrogen) atoms. The molecule has 0 radical (unpaired) electrons. The minimum atomic E-state index is -0.876. The number of benzene rings is 1. The average molecular weight is 294 g/mol. The van der Waals surface area contributed by atoms with Gasteiger partial charge >= 0.3 is 11.9 Å². The van der Waals surface area contributed by atoms with E-state index in [0.717, 1.165) is 5.56 Å². The van der Waals surface area contributed by atoms with Crippen molar-refractivity contribution in [1.82, 2.24) is 0 Å². The highest BCUT2D eigenvalue weighted by Gasteiger charge is 2.27. The lowest BCUT2D eigenvalue weighted by atomic mass is 10.0. The molecule has 1 rings (SSSR count). The zero-order chi connectivity index (χ0) is 15.7. The third-order valence-corrected chi connectivity index (χ3v) is 3.02. The van der Waals surface area contributed by atoms with Crippen molar-refractivity contribution in [1.29, 1.82) is 0 Å². The molecule has 0 aromatic heterocycles. The van der Waals surface area contributed by atoms with Gasteiger partial charge in [0.15, 0.2) is 5.92 Å². The number of carbonyl (C=O) groups excluding carboxylic acids is 2. The third-order valence-electron chi connectivity index (χ3n) is 3.02. The predicted molar refractivity (Wildman–Crippen MR) is 76.8 cm³/mol. The van der Waals surface area contributed by atoms with Crippen molar-refractivity contribution in [2.75, 3.05) is 14.2 Å². The highest BCUT2D eigenvalue weighted by atomic mass is 19.1. The normalized spacial score (nSPS) is 10.9. The summed E-state index contributed by atoms with van der Waals surface area (Å²) in [5.74, 6) is -2.31. The van der Waals surface area contributed by atoms with Crippen LogP contribution in [0.5, 0.6) is 0 Å². The molecule has 0 heterocycles. The topological polar surface area (TPSA) is 52.6 Å². The van der Waals surface area contributed by atoms with Crippen molar-refractivity contribution >= 4 is 18.0 Å². The summed E-state index contributed by atoms with van der Waals surface area (Å²) in [7, 11) is 2.49. The molecule has 5 heteroatoms. The summed E-state index contributed by atoms with van der Waals surface area (Å²) in [5.41, 5.74) is 0.897. The molecular weight excluding hydrogens is 275 g/mol. The summed E-state index contributed by atoms with van der Waals surface area (Å²) in [6.07, 6.45) is 5.49. The van der Waals surface area contributed by atoms with Crippen LogP contribution in [-0.4, -0.2) is 26.2 Å². The van der Waals surface area contributed by atoms with Crippen LogP contribution in [0.1, 0.15) is 24.8 Å². The number of carbonyl (C=O) groups is 2. The van der Waals surface area contributed by atoms with Crippen LogP contribution in [0.15, 0.2) is 30.3 Å². The fourth-order valence-corrected chi connectivity index (χ4v) is 1.85. The number of hydrogen-bond acceptors (Lipinski definition) is 4. The van der Waals surface area contributed by atoms with E-state index >= 15 is 0 Å². The van der Waals surface area contributed by atoms with Crippen molar-refractivity contribution in [2.45, 2.75) is 19.3 Å². The van der Waals surface area contributed by atoms with Crippen LogP contribution in [0.2, 0.25) is 0 Å². The summed E-state index contributed by atoms with van der Waals surface area (Å²) in [5, 5.41) is 0. The molecule has 0 spiro atoms. The van der Waals surface area contributed by atoms with Gasteiger partial charge in [0, 0.05) is 0 Å². The molecule has 0 bridgehead atoms. The van der Waals surface area contributed by atoms with Crippen molar-refractivity contribution in [3.05, 3.63) is 41.7 Å². The Bertz CT molecular complexity index is 478. The summed E-state index contributed by atoms with van der Waals surface area (Å²) in [4.78, 5) is 22.9. The van der Waals surface area contributed by atoms with Crippen LogP contribution in [0.4, 0.5) is 4.39 Å². The van der Waals surface area contributed by atoms with Crippen LogP contribution in [0.3, 0.4) is 0 Å². The number of rotatable bonds is 7. The highest BCUT2D eigenvalue weighted by Crippen LogP contribution is 2.13. The standard InChI is InChI=1S/C16H19FO4/c1-20-15(18)14(16(19)21-2)7-5-3-4-6-12-8-10-13(17)11-9-12/h4,6,8-11,14H,3,5,7H2,1-2H3/b6-4+. The molecule has 1 aromatic rings. The van der Waals surface area contributed by atoms with Gasteiger partial charge in [0.1, 0.15) is 5.82 Å². The van der Waals surface area contributed by atoms with Crippen LogP contribution < -0.4 is 0 Å². The smallest absolute Gasteiger partial charge is 0.320 e. The minimum absolute atomic E-state index is 0.272. The first-order valence-electron chi connectivity index (χ1n) is 6.66. The van der Waals surface area contributed by atoms with Gasteiger partial charge in [-0.25, -0.2) is 4.39 Å². The maximum atomic E-state index is 12.7. The zero-order valence-corrected chi connectivity index (χ0v) is 12.2. The average Bonchev–Trinajstić information content (AvgIpc) is 2.51. The summed E-state index contributed by atoms with van der Waals surface area (Å²) in [6.45, 7) is 0. The van der Waals surface area contributed by atoms with E-state index in [1.165, 1.54) is 26.4 Å². The van der Waals surface area contributed by atoms with E-state index in [2.05, 4.69) is 9.47 Å².